The van der Waals surface area contributed by atoms with E-state index in [1.165, 1.54) is 38.5 Å². The first kappa shape index (κ1) is 19.5. The van der Waals surface area contributed by atoms with Crippen LogP contribution < -0.4 is 10.6 Å². The van der Waals surface area contributed by atoms with Crippen molar-refractivity contribution in [2.24, 2.45) is 11.8 Å². The Morgan fingerprint density at radius 2 is 2.00 bits per heavy atom. The van der Waals surface area contributed by atoms with E-state index in [9.17, 15) is 4.79 Å². The van der Waals surface area contributed by atoms with Crippen molar-refractivity contribution in [3.05, 3.63) is 0 Å². The van der Waals surface area contributed by atoms with Gasteiger partial charge in [-0.05, 0) is 24.7 Å². The van der Waals surface area contributed by atoms with E-state index in [0.717, 1.165) is 45.1 Å². The van der Waals surface area contributed by atoms with E-state index in [4.69, 9.17) is 4.74 Å². The lowest BCUT2D eigenvalue weighted by molar-refractivity contribution is -0.0290. The maximum atomic E-state index is 11.9. The molecule has 1 unspecified atom stereocenters. The molecule has 0 aromatic rings. The molecule has 2 N–H and O–H groups in total. The van der Waals surface area contributed by atoms with Crippen molar-refractivity contribution >= 4 is 6.03 Å². The average Bonchev–Trinajstić information content (AvgIpc) is 2.58. The summed E-state index contributed by atoms with van der Waals surface area (Å²) >= 11 is 0. The highest BCUT2D eigenvalue weighted by molar-refractivity contribution is 5.73. The first-order valence-corrected chi connectivity index (χ1v) is 9.99. The number of amides is 2. The Hall–Kier alpha value is -0.810. The van der Waals surface area contributed by atoms with Crippen molar-refractivity contribution in [2.75, 3.05) is 39.3 Å². The summed E-state index contributed by atoms with van der Waals surface area (Å²) in [5.41, 5.74) is 0. The van der Waals surface area contributed by atoms with E-state index >= 15 is 0 Å². The third kappa shape index (κ3) is 7.84. The molecule has 2 rings (SSSR count). The number of urea groups is 1. The molecule has 2 amide bonds. The summed E-state index contributed by atoms with van der Waals surface area (Å²) in [6.07, 6.45) is 9.45. The summed E-state index contributed by atoms with van der Waals surface area (Å²) in [6.45, 7) is 9.65. The lowest BCUT2D eigenvalue weighted by Gasteiger charge is -2.33. The number of carbonyl (C=O) groups is 1. The second kappa shape index (κ2) is 10.9. The van der Waals surface area contributed by atoms with Crippen molar-refractivity contribution in [1.29, 1.82) is 0 Å². The minimum atomic E-state index is -0.0526. The van der Waals surface area contributed by atoms with Crippen molar-refractivity contribution in [1.82, 2.24) is 15.5 Å². The normalized spacial score (nSPS) is 23.4. The maximum Gasteiger partial charge on any atom is 0.314 e. The van der Waals surface area contributed by atoms with Gasteiger partial charge in [0.1, 0.15) is 0 Å². The summed E-state index contributed by atoms with van der Waals surface area (Å²) in [6, 6.07) is -0.0526. The molecule has 1 saturated heterocycles. The summed E-state index contributed by atoms with van der Waals surface area (Å²) in [4.78, 5) is 14.3. The lowest BCUT2D eigenvalue weighted by Crippen LogP contribution is -2.49. The van der Waals surface area contributed by atoms with Gasteiger partial charge in [-0.2, -0.15) is 0 Å². The third-order valence-electron chi connectivity index (χ3n) is 5.14. The minimum absolute atomic E-state index is 0.0526. The molecule has 0 aromatic carbocycles. The van der Waals surface area contributed by atoms with E-state index in [0.29, 0.717) is 12.5 Å². The SMILES string of the molecule is CC(C)CN1CCOC(CNC(=O)NCCCC2CCCCC2)C1. The number of ether oxygens (including phenoxy) is 1. The molecule has 2 fully saturated rings. The summed E-state index contributed by atoms with van der Waals surface area (Å²) in [7, 11) is 0. The number of nitrogens with zero attached hydrogens (tertiary/aromatic N) is 1. The van der Waals surface area contributed by atoms with Crippen LogP contribution in [0.3, 0.4) is 0 Å². The van der Waals surface area contributed by atoms with Gasteiger partial charge >= 0.3 is 6.03 Å². The Balaban J connectivity index is 1.51. The molecule has 1 aliphatic heterocycles. The molecule has 1 saturated carbocycles. The first-order chi connectivity index (χ1) is 11.6. The van der Waals surface area contributed by atoms with Crippen molar-refractivity contribution in [3.8, 4) is 0 Å². The van der Waals surface area contributed by atoms with Crippen LogP contribution in [0.5, 0.6) is 0 Å². The van der Waals surface area contributed by atoms with Crippen molar-refractivity contribution in [2.45, 2.75) is 64.9 Å². The zero-order valence-electron chi connectivity index (χ0n) is 15.7. The Bertz CT molecular complexity index is 357. The molecule has 5 heteroatoms. The summed E-state index contributed by atoms with van der Waals surface area (Å²) in [5, 5.41) is 5.95. The average molecular weight is 340 g/mol. The fraction of sp³-hybridized carbons (Fsp3) is 0.947. The molecule has 24 heavy (non-hydrogen) atoms. The molecule has 2 aliphatic rings. The second-order valence-corrected chi connectivity index (χ2v) is 7.93. The standard InChI is InChI=1S/C19H37N3O2/c1-16(2)14-22-11-12-24-18(15-22)13-21-19(23)20-10-6-9-17-7-4-3-5-8-17/h16-18H,3-15H2,1-2H3,(H2,20,21,23). The largest absolute Gasteiger partial charge is 0.374 e. The van der Waals surface area contributed by atoms with Gasteiger partial charge in [0.25, 0.3) is 0 Å². The first-order valence-electron chi connectivity index (χ1n) is 9.99. The molecule has 0 aromatic heterocycles. The monoisotopic (exact) mass is 339 g/mol. The van der Waals surface area contributed by atoms with Crippen LogP contribution in [0, 0.1) is 11.8 Å². The zero-order valence-corrected chi connectivity index (χ0v) is 15.7. The highest BCUT2D eigenvalue weighted by Gasteiger charge is 2.21. The third-order valence-corrected chi connectivity index (χ3v) is 5.14. The van der Waals surface area contributed by atoms with Gasteiger partial charge in [0.05, 0.1) is 12.7 Å². The fourth-order valence-electron chi connectivity index (χ4n) is 3.92. The summed E-state index contributed by atoms with van der Waals surface area (Å²) in [5.74, 6) is 1.57. The van der Waals surface area contributed by atoms with Gasteiger partial charge in [-0.25, -0.2) is 4.79 Å². The minimum Gasteiger partial charge on any atom is -0.374 e. The predicted octanol–water partition coefficient (Wildman–Crippen LogP) is 3.00. The Labute approximate surface area is 147 Å². The number of morpholine rings is 1. The number of nitrogens with one attached hydrogen (secondary N) is 2. The molecule has 0 radical (unpaired) electrons. The van der Waals surface area contributed by atoms with Crippen LogP contribution in [-0.4, -0.2) is 56.4 Å². The number of hydrogen-bond donors (Lipinski definition) is 2. The highest BCUT2D eigenvalue weighted by atomic mass is 16.5. The van der Waals surface area contributed by atoms with E-state index in [1.807, 2.05) is 0 Å². The van der Waals surface area contributed by atoms with Crippen LogP contribution in [0.4, 0.5) is 4.79 Å². The number of carbonyl (C=O) groups excluding carboxylic acids is 1. The van der Waals surface area contributed by atoms with Crippen LogP contribution in [0.15, 0.2) is 0 Å². The van der Waals surface area contributed by atoms with E-state index in [-0.39, 0.29) is 12.1 Å². The van der Waals surface area contributed by atoms with Gasteiger partial charge in [-0.3, -0.25) is 4.90 Å². The molecular formula is C19H37N3O2. The van der Waals surface area contributed by atoms with E-state index in [2.05, 4.69) is 29.4 Å². The van der Waals surface area contributed by atoms with Crippen LogP contribution >= 0.6 is 0 Å². The van der Waals surface area contributed by atoms with Crippen molar-refractivity contribution in [3.63, 3.8) is 0 Å². The zero-order chi connectivity index (χ0) is 17.2. The molecule has 1 heterocycles. The van der Waals surface area contributed by atoms with Crippen LogP contribution in [0.2, 0.25) is 0 Å². The highest BCUT2D eigenvalue weighted by Crippen LogP contribution is 2.26. The molecule has 1 atom stereocenters. The van der Waals surface area contributed by atoms with Crippen LogP contribution in [0.25, 0.3) is 0 Å². The topological polar surface area (TPSA) is 53.6 Å². The van der Waals surface area contributed by atoms with Gasteiger partial charge in [0.15, 0.2) is 0 Å². The maximum absolute atomic E-state index is 11.9. The number of hydrogen-bond acceptors (Lipinski definition) is 3. The quantitative estimate of drug-likeness (QED) is 0.669. The Morgan fingerprint density at radius 3 is 2.75 bits per heavy atom. The van der Waals surface area contributed by atoms with Gasteiger partial charge < -0.3 is 15.4 Å². The van der Waals surface area contributed by atoms with Gasteiger partial charge in [-0.1, -0.05) is 46.0 Å². The predicted molar refractivity (Wildman–Crippen MR) is 98.2 cm³/mol. The van der Waals surface area contributed by atoms with Gasteiger partial charge in [0.2, 0.25) is 0 Å². The van der Waals surface area contributed by atoms with E-state index in [1.54, 1.807) is 0 Å². The van der Waals surface area contributed by atoms with E-state index < -0.39 is 0 Å². The van der Waals surface area contributed by atoms with Crippen LogP contribution in [0.1, 0.15) is 58.8 Å². The molecule has 5 nitrogen and oxygen atoms in total. The molecule has 0 bridgehead atoms. The smallest absolute Gasteiger partial charge is 0.314 e. The molecule has 140 valence electrons. The molecular weight excluding hydrogens is 302 g/mol. The van der Waals surface area contributed by atoms with Crippen LogP contribution in [-0.2, 0) is 4.74 Å². The Kier molecular flexibility index (Phi) is 8.89. The molecule has 0 spiro atoms. The van der Waals surface area contributed by atoms with Gasteiger partial charge in [0, 0.05) is 32.7 Å². The lowest BCUT2D eigenvalue weighted by atomic mass is 9.86. The molecule has 1 aliphatic carbocycles. The van der Waals surface area contributed by atoms with Gasteiger partial charge in [-0.15, -0.1) is 0 Å². The summed E-state index contributed by atoms with van der Waals surface area (Å²) < 4.78 is 5.76. The fourth-order valence-corrected chi connectivity index (χ4v) is 3.92. The number of rotatable bonds is 8. The second-order valence-electron chi connectivity index (χ2n) is 7.93. The Morgan fingerprint density at radius 1 is 1.21 bits per heavy atom. The van der Waals surface area contributed by atoms with Crippen molar-refractivity contribution < 1.29 is 9.53 Å².